The van der Waals surface area contributed by atoms with Gasteiger partial charge in [-0.3, -0.25) is 4.79 Å². The molecule has 1 unspecified atom stereocenters. The van der Waals surface area contributed by atoms with Crippen molar-refractivity contribution in [2.24, 2.45) is 5.92 Å². The Kier molecular flexibility index (Phi) is 2.76. The summed E-state index contributed by atoms with van der Waals surface area (Å²) >= 11 is 0. The molecule has 18 heavy (non-hydrogen) atoms. The van der Waals surface area contributed by atoms with E-state index in [1.54, 1.807) is 12.3 Å². The van der Waals surface area contributed by atoms with Crippen molar-refractivity contribution in [1.29, 1.82) is 0 Å². The van der Waals surface area contributed by atoms with Crippen molar-refractivity contribution in [2.75, 3.05) is 5.32 Å². The molecular weight excluding hydrogens is 230 g/mol. The number of imidazole rings is 1. The Morgan fingerprint density at radius 1 is 1.44 bits per heavy atom. The van der Waals surface area contributed by atoms with Crippen molar-refractivity contribution >= 4 is 11.7 Å². The van der Waals surface area contributed by atoms with Crippen LogP contribution < -0.4 is 5.32 Å². The Morgan fingerprint density at radius 3 is 3.22 bits per heavy atom. The van der Waals surface area contributed by atoms with E-state index in [1.807, 2.05) is 12.5 Å². The second-order valence-corrected chi connectivity index (χ2v) is 4.35. The van der Waals surface area contributed by atoms with E-state index in [-0.39, 0.29) is 11.8 Å². The predicted octanol–water partition coefficient (Wildman–Crippen LogP) is 0.874. The van der Waals surface area contributed by atoms with Crippen LogP contribution in [0, 0.1) is 5.92 Å². The van der Waals surface area contributed by atoms with E-state index in [0.717, 1.165) is 25.1 Å². The number of rotatable bonds is 2. The molecule has 2 aromatic heterocycles. The Labute approximate surface area is 104 Å². The van der Waals surface area contributed by atoms with Crippen molar-refractivity contribution < 1.29 is 4.79 Å². The molecule has 0 fully saturated rings. The molecule has 3 heterocycles. The van der Waals surface area contributed by atoms with Crippen molar-refractivity contribution in [3.05, 3.63) is 36.8 Å². The third-order valence-corrected chi connectivity index (χ3v) is 3.18. The van der Waals surface area contributed by atoms with Crippen molar-refractivity contribution in [2.45, 2.75) is 19.4 Å². The molecule has 1 aliphatic heterocycles. The van der Waals surface area contributed by atoms with Crippen LogP contribution in [0.2, 0.25) is 0 Å². The van der Waals surface area contributed by atoms with E-state index in [2.05, 4.69) is 24.8 Å². The molecular formula is C12H13N5O. The van der Waals surface area contributed by atoms with Gasteiger partial charge in [0.25, 0.3) is 0 Å². The average molecular weight is 243 g/mol. The van der Waals surface area contributed by atoms with Crippen LogP contribution in [0.25, 0.3) is 0 Å². The Hall–Kier alpha value is -2.24. The minimum Gasteiger partial charge on any atom is -0.335 e. The lowest BCUT2D eigenvalue weighted by molar-refractivity contribution is -0.120. The number of amides is 1. The summed E-state index contributed by atoms with van der Waals surface area (Å²) in [5, 5.41) is 2.81. The fourth-order valence-corrected chi connectivity index (χ4v) is 2.19. The number of hydrogen-bond donors (Lipinski definition) is 1. The van der Waals surface area contributed by atoms with E-state index in [9.17, 15) is 4.79 Å². The molecule has 0 spiro atoms. The van der Waals surface area contributed by atoms with E-state index in [1.165, 1.54) is 6.33 Å². The summed E-state index contributed by atoms with van der Waals surface area (Å²) in [6.07, 6.45) is 8.24. The van der Waals surface area contributed by atoms with Crippen LogP contribution in [-0.2, 0) is 17.8 Å². The van der Waals surface area contributed by atoms with Crippen LogP contribution >= 0.6 is 0 Å². The molecule has 1 amide bonds. The quantitative estimate of drug-likeness (QED) is 0.849. The predicted molar refractivity (Wildman–Crippen MR) is 64.7 cm³/mol. The highest BCUT2D eigenvalue weighted by Crippen LogP contribution is 2.21. The molecule has 0 saturated heterocycles. The largest absolute Gasteiger partial charge is 0.335 e. The standard InChI is InChI=1S/C12H13N5O/c18-12(16-11-1-3-13-7-15-11)9-2-4-17-8-14-6-10(17)5-9/h1,3,6-9H,2,4-5H2,(H,13,15,16,18). The van der Waals surface area contributed by atoms with Gasteiger partial charge in [-0.05, 0) is 12.5 Å². The number of carbonyl (C=O) groups excluding carboxylic acids is 1. The normalized spacial score (nSPS) is 18.1. The minimum atomic E-state index is -0.0100. The molecule has 6 nitrogen and oxygen atoms in total. The van der Waals surface area contributed by atoms with E-state index >= 15 is 0 Å². The van der Waals surface area contributed by atoms with Crippen LogP contribution in [0.4, 0.5) is 5.82 Å². The Bertz CT molecular complexity index is 551. The zero-order chi connectivity index (χ0) is 12.4. The van der Waals surface area contributed by atoms with Gasteiger partial charge in [0.15, 0.2) is 0 Å². The van der Waals surface area contributed by atoms with Crippen LogP contribution in [0.5, 0.6) is 0 Å². The summed E-state index contributed by atoms with van der Waals surface area (Å²) < 4.78 is 2.09. The summed E-state index contributed by atoms with van der Waals surface area (Å²) in [5.41, 5.74) is 1.11. The van der Waals surface area contributed by atoms with Gasteiger partial charge in [0.1, 0.15) is 12.1 Å². The maximum atomic E-state index is 12.1. The smallest absolute Gasteiger partial charge is 0.229 e. The first-order chi connectivity index (χ1) is 8.83. The highest BCUT2D eigenvalue weighted by atomic mass is 16.1. The minimum absolute atomic E-state index is 0.0100. The molecule has 6 heteroatoms. The number of nitrogens with one attached hydrogen (secondary N) is 1. The molecule has 2 aromatic rings. The van der Waals surface area contributed by atoms with Gasteiger partial charge in [-0.15, -0.1) is 0 Å². The highest BCUT2D eigenvalue weighted by Gasteiger charge is 2.24. The number of fused-ring (bicyclic) bond motifs is 1. The molecule has 0 bridgehead atoms. The van der Waals surface area contributed by atoms with E-state index in [0.29, 0.717) is 5.82 Å². The zero-order valence-corrected chi connectivity index (χ0v) is 9.78. The molecule has 3 rings (SSSR count). The first-order valence-electron chi connectivity index (χ1n) is 5.89. The maximum Gasteiger partial charge on any atom is 0.229 e. The van der Waals surface area contributed by atoms with Crippen molar-refractivity contribution in [3.8, 4) is 0 Å². The zero-order valence-electron chi connectivity index (χ0n) is 9.78. The van der Waals surface area contributed by atoms with Gasteiger partial charge in [0.2, 0.25) is 5.91 Å². The number of aromatic nitrogens is 4. The summed E-state index contributed by atoms with van der Waals surface area (Å²) in [7, 11) is 0. The lowest BCUT2D eigenvalue weighted by Gasteiger charge is -2.22. The lowest BCUT2D eigenvalue weighted by atomic mass is 9.95. The lowest BCUT2D eigenvalue weighted by Crippen LogP contribution is -2.30. The van der Waals surface area contributed by atoms with Gasteiger partial charge in [0.05, 0.1) is 6.33 Å². The maximum absolute atomic E-state index is 12.1. The van der Waals surface area contributed by atoms with E-state index in [4.69, 9.17) is 0 Å². The second kappa shape index (κ2) is 4.56. The molecule has 1 atom stereocenters. The third kappa shape index (κ3) is 2.09. The molecule has 92 valence electrons. The third-order valence-electron chi connectivity index (χ3n) is 3.18. The van der Waals surface area contributed by atoms with Crippen molar-refractivity contribution in [1.82, 2.24) is 19.5 Å². The highest BCUT2D eigenvalue weighted by molar-refractivity contribution is 5.91. The molecule has 0 aromatic carbocycles. The van der Waals surface area contributed by atoms with Crippen LogP contribution in [-0.4, -0.2) is 25.4 Å². The van der Waals surface area contributed by atoms with Crippen LogP contribution in [0.15, 0.2) is 31.1 Å². The number of anilines is 1. The summed E-state index contributed by atoms with van der Waals surface area (Å²) in [6, 6.07) is 1.69. The Morgan fingerprint density at radius 2 is 2.39 bits per heavy atom. The molecule has 1 N–H and O–H groups in total. The molecule has 0 aliphatic carbocycles. The fraction of sp³-hybridized carbons (Fsp3) is 0.333. The number of hydrogen-bond acceptors (Lipinski definition) is 4. The monoisotopic (exact) mass is 243 g/mol. The molecule has 0 saturated carbocycles. The van der Waals surface area contributed by atoms with Gasteiger partial charge < -0.3 is 9.88 Å². The summed E-state index contributed by atoms with van der Waals surface area (Å²) in [4.78, 5) is 24.0. The van der Waals surface area contributed by atoms with Gasteiger partial charge in [-0.25, -0.2) is 15.0 Å². The van der Waals surface area contributed by atoms with Gasteiger partial charge in [-0.2, -0.15) is 0 Å². The average Bonchev–Trinajstić information content (AvgIpc) is 2.87. The van der Waals surface area contributed by atoms with Gasteiger partial charge in [0, 0.05) is 37.0 Å². The first-order valence-corrected chi connectivity index (χ1v) is 5.89. The SMILES string of the molecule is O=C(Nc1ccncn1)C1CCn2cncc2C1. The fourth-order valence-electron chi connectivity index (χ4n) is 2.19. The van der Waals surface area contributed by atoms with Gasteiger partial charge >= 0.3 is 0 Å². The van der Waals surface area contributed by atoms with Gasteiger partial charge in [-0.1, -0.05) is 0 Å². The second-order valence-electron chi connectivity index (χ2n) is 4.35. The summed E-state index contributed by atoms with van der Waals surface area (Å²) in [6.45, 7) is 0.844. The molecule has 1 aliphatic rings. The Balaban J connectivity index is 1.68. The van der Waals surface area contributed by atoms with Crippen LogP contribution in [0.1, 0.15) is 12.1 Å². The number of carbonyl (C=O) groups is 1. The molecule has 0 radical (unpaired) electrons. The number of aryl methyl sites for hydroxylation is 1. The van der Waals surface area contributed by atoms with Crippen molar-refractivity contribution in [3.63, 3.8) is 0 Å². The van der Waals surface area contributed by atoms with E-state index < -0.39 is 0 Å². The van der Waals surface area contributed by atoms with Crippen LogP contribution in [0.3, 0.4) is 0 Å². The first kappa shape index (κ1) is 10.9. The topological polar surface area (TPSA) is 72.7 Å². The number of nitrogens with zero attached hydrogens (tertiary/aromatic N) is 4. The summed E-state index contributed by atoms with van der Waals surface area (Å²) in [5.74, 6) is 0.555.